The normalized spacial score (nSPS) is 18.6. The summed E-state index contributed by atoms with van der Waals surface area (Å²) >= 11 is 0. The maximum atomic E-state index is 10.6. The minimum atomic E-state index is 0. The Kier molecular flexibility index (Phi) is 5.30. The van der Waals surface area contributed by atoms with Crippen LogP contribution in [0, 0.1) is 0 Å². The largest absolute Gasteiger partial charge is 0.354 e. The number of amides is 1. The maximum Gasteiger partial charge on any atom is 0.217 e. The van der Waals surface area contributed by atoms with E-state index < -0.39 is 0 Å². The highest BCUT2D eigenvalue weighted by Crippen LogP contribution is 2.16. The molecule has 0 saturated heterocycles. The lowest BCUT2D eigenvalue weighted by Gasteiger charge is -2.21. The standard InChI is InChI=1S/C8H15NO.ClH/c1-7(10)9-8-5-3-2-4-6-8;/h8H,2-6H2,1H3,(H,9,10);1H. The van der Waals surface area contributed by atoms with Crippen LogP contribution < -0.4 is 5.32 Å². The Labute approximate surface area is 74.2 Å². The van der Waals surface area contributed by atoms with Gasteiger partial charge >= 0.3 is 0 Å². The quantitative estimate of drug-likeness (QED) is 0.651. The molecule has 1 rings (SSSR count). The lowest BCUT2D eigenvalue weighted by Crippen LogP contribution is -2.34. The number of hydrogen-bond donors (Lipinski definition) is 1. The van der Waals surface area contributed by atoms with Gasteiger partial charge in [0.1, 0.15) is 0 Å². The molecule has 0 radical (unpaired) electrons. The average Bonchev–Trinajstić information content (AvgIpc) is 1.88. The highest BCUT2D eigenvalue weighted by Gasteiger charge is 2.12. The summed E-state index contributed by atoms with van der Waals surface area (Å²) < 4.78 is 0. The molecule has 2 nitrogen and oxygen atoms in total. The van der Waals surface area contributed by atoms with Crippen molar-refractivity contribution in [2.75, 3.05) is 0 Å². The van der Waals surface area contributed by atoms with Gasteiger partial charge in [-0.1, -0.05) is 19.3 Å². The summed E-state index contributed by atoms with van der Waals surface area (Å²) in [4.78, 5) is 10.6. The number of carbonyl (C=O) groups is 1. The van der Waals surface area contributed by atoms with E-state index in [1.54, 1.807) is 6.92 Å². The first-order valence-corrected chi connectivity index (χ1v) is 4.06. The van der Waals surface area contributed by atoms with E-state index in [4.69, 9.17) is 0 Å². The molecule has 0 aliphatic heterocycles. The number of nitrogens with one attached hydrogen (secondary N) is 1. The van der Waals surface area contributed by atoms with Crippen LogP contribution in [0.4, 0.5) is 0 Å². The first kappa shape index (κ1) is 10.8. The van der Waals surface area contributed by atoms with Crippen LogP contribution >= 0.6 is 12.4 Å². The maximum absolute atomic E-state index is 10.6. The lowest BCUT2D eigenvalue weighted by molar-refractivity contribution is -0.119. The van der Waals surface area contributed by atoms with Gasteiger partial charge in [0.2, 0.25) is 5.91 Å². The second-order valence-electron chi connectivity index (χ2n) is 3.04. The minimum Gasteiger partial charge on any atom is -0.354 e. The summed E-state index contributed by atoms with van der Waals surface area (Å²) in [5.74, 6) is 0.118. The van der Waals surface area contributed by atoms with Crippen molar-refractivity contribution in [1.29, 1.82) is 0 Å². The van der Waals surface area contributed by atoms with Crippen LogP contribution in [-0.4, -0.2) is 11.9 Å². The molecular weight excluding hydrogens is 162 g/mol. The van der Waals surface area contributed by atoms with E-state index in [9.17, 15) is 4.79 Å². The molecule has 0 aromatic rings. The fraction of sp³-hybridized carbons (Fsp3) is 0.875. The van der Waals surface area contributed by atoms with E-state index in [2.05, 4.69) is 5.32 Å². The van der Waals surface area contributed by atoms with Crippen LogP contribution in [0.2, 0.25) is 0 Å². The molecule has 0 spiro atoms. The van der Waals surface area contributed by atoms with Crippen LogP contribution in [0.3, 0.4) is 0 Å². The Morgan fingerprint density at radius 2 is 1.82 bits per heavy atom. The van der Waals surface area contributed by atoms with Crippen LogP contribution in [0.15, 0.2) is 0 Å². The van der Waals surface area contributed by atoms with Crippen LogP contribution in [0.25, 0.3) is 0 Å². The molecule has 1 saturated carbocycles. The van der Waals surface area contributed by atoms with Crippen molar-refractivity contribution in [3.05, 3.63) is 0 Å². The van der Waals surface area contributed by atoms with Gasteiger partial charge in [-0.25, -0.2) is 0 Å². The van der Waals surface area contributed by atoms with Crippen LogP contribution in [0.1, 0.15) is 39.0 Å². The second kappa shape index (κ2) is 5.42. The molecule has 1 fully saturated rings. The molecule has 0 atom stereocenters. The summed E-state index contributed by atoms with van der Waals surface area (Å²) in [6, 6.07) is 0.478. The summed E-state index contributed by atoms with van der Waals surface area (Å²) in [5.41, 5.74) is 0. The van der Waals surface area contributed by atoms with E-state index >= 15 is 0 Å². The van der Waals surface area contributed by atoms with Crippen LogP contribution in [0.5, 0.6) is 0 Å². The van der Waals surface area contributed by atoms with E-state index in [0.717, 1.165) is 0 Å². The topological polar surface area (TPSA) is 29.1 Å². The van der Waals surface area contributed by atoms with Gasteiger partial charge in [-0.2, -0.15) is 0 Å². The zero-order valence-corrected chi connectivity index (χ0v) is 7.75. The molecule has 1 aliphatic carbocycles. The van der Waals surface area contributed by atoms with Gasteiger partial charge in [0.05, 0.1) is 0 Å². The molecule has 0 bridgehead atoms. The smallest absolute Gasteiger partial charge is 0.217 e. The molecule has 1 amide bonds. The zero-order chi connectivity index (χ0) is 7.40. The molecule has 1 aliphatic rings. The first-order chi connectivity index (χ1) is 4.79. The predicted octanol–water partition coefficient (Wildman–Crippen LogP) is 1.88. The van der Waals surface area contributed by atoms with Gasteiger partial charge in [0.25, 0.3) is 0 Å². The highest BCUT2D eigenvalue weighted by atomic mass is 35.5. The minimum absolute atomic E-state index is 0. The third kappa shape index (κ3) is 4.25. The van der Waals surface area contributed by atoms with Crippen molar-refractivity contribution < 1.29 is 4.79 Å². The number of hydrogen-bond acceptors (Lipinski definition) is 1. The van der Waals surface area contributed by atoms with Crippen molar-refractivity contribution in [3.8, 4) is 0 Å². The second-order valence-corrected chi connectivity index (χ2v) is 3.04. The van der Waals surface area contributed by atoms with Gasteiger partial charge in [-0.15, -0.1) is 12.4 Å². The monoisotopic (exact) mass is 177 g/mol. The third-order valence-electron chi connectivity index (χ3n) is 2.01. The fourth-order valence-corrected chi connectivity index (χ4v) is 1.53. The van der Waals surface area contributed by atoms with Crippen molar-refractivity contribution >= 4 is 18.3 Å². The molecular formula is C8H16ClNO. The number of carbonyl (C=O) groups excluding carboxylic acids is 1. The van der Waals surface area contributed by atoms with Gasteiger partial charge in [-0.3, -0.25) is 4.79 Å². The van der Waals surface area contributed by atoms with E-state index in [1.807, 2.05) is 0 Å². The average molecular weight is 178 g/mol. The number of halogens is 1. The molecule has 66 valence electrons. The highest BCUT2D eigenvalue weighted by molar-refractivity contribution is 5.85. The fourth-order valence-electron chi connectivity index (χ4n) is 1.53. The van der Waals surface area contributed by atoms with Crippen molar-refractivity contribution in [1.82, 2.24) is 5.32 Å². The molecule has 3 heteroatoms. The predicted molar refractivity (Wildman–Crippen MR) is 47.9 cm³/mol. The number of rotatable bonds is 1. The Bertz CT molecular complexity index is 121. The molecule has 0 aromatic carbocycles. The van der Waals surface area contributed by atoms with E-state index in [0.29, 0.717) is 6.04 Å². The van der Waals surface area contributed by atoms with Gasteiger partial charge in [-0.05, 0) is 12.8 Å². The van der Waals surface area contributed by atoms with Crippen molar-refractivity contribution in [2.24, 2.45) is 0 Å². The summed E-state index contributed by atoms with van der Waals surface area (Å²) in [6.45, 7) is 1.59. The molecule has 0 unspecified atom stereocenters. The Balaban J connectivity index is 0.000001000. The first-order valence-electron chi connectivity index (χ1n) is 4.06. The summed E-state index contributed by atoms with van der Waals surface area (Å²) in [6.07, 6.45) is 6.27. The molecule has 0 heterocycles. The van der Waals surface area contributed by atoms with Gasteiger partial charge < -0.3 is 5.32 Å². The van der Waals surface area contributed by atoms with Crippen molar-refractivity contribution in [3.63, 3.8) is 0 Å². The zero-order valence-electron chi connectivity index (χ0n) is 6.93. The molecule has 0 aromatic heterocycles. The Morgan fingerprint density at radius 1 is 1.27 bits per heavy atom. The summed E-state index contributed by atoms with van der Waals surface area (Å²) in [5, 5.41) is 2.94. The molecule has 1 N–H and O–H groups in total. The van der Waals surface area contributed by atoms with Crippen molar-refractivity contribution in [2.45, 2.75) is 45.1 Å². The Hall–Kier alpha value is -0.240. The SMILES string of the molecule is CC(=O)NC1CCCCC1.Cl. The van der Waals surface area contributed by atoms with E-state index in [-0.39, 0.29) is 18.3 Å². The van der Waals surface area contributed by atoms with E-state index in [1.165, 1.54) is 32.1 Å². The third-order valence-corrected chi connectivity index (χ3v) is 2.01. The van der Waals surface area contributed by atoms with Crippen LogP contribution in [-0.2, 0) is 4.79 Å². The molecule has 11 heavy (non-hydrogen) atoms. The summed E-state index contributed by atoms with van der Waals surface area (Å²) in [7, 11) is 0. The van der Waals surface area contributed by atoms with Gasteiger partial charge in [0.15, 0.2) is 0 Å². The lowest BCUT2D eigenvalue weighted by atomic mass is 9.95. The van der Waals surface area contributed by atoms with Gasteiger partial charge in [0, 0.05) is 13.0 Å². The Morgan fingerprint density at radius 3 is 2.27 bits per heavy atom.